The molecule has 2 aromatic carbocycles. The van der Waals surface area contributed by atoms with Crippen molar-refractivity contribution in [1.29, 1.82) is 0 Å². The van der Waals surface area contributed by atoms with Crippen LogP contribution in [-0.2, 0) is 0 Å². The van der Waals surface area contributed by atoms with E-state index >= 15 is 0 Å². The minimum atomic E-state index is 0.458. The fourth-order valence-corrected chi connectivity index (χ4v) is 1.90. The Bertz CT molecular complexity index is 506. The summed E-state index contributed by atoms with van der Waals surface area (Å²) in [5.74, 6) is 0. The number of carbonyl (C=O) groups is 1. The molecule has 0 aliphatic rings. The molecule has 3 heteroatoms. The second kappa shape index (κ2) is 3.60. The van der Waals surface area contributed by atoms with Gasteiger partial charge in [0, 0.05) is 21.4 Å². The average molecular weight is 225 g/mol. The summed E-state index contributed by atoms with van der Waals surface area (Å²) in [5.41, 5.74) is 0.487. The molecule has 70 valence electrons. The SMILES string of the molecule is O=Cc1ccc2c(Cl)cccc2c1Cl. The molecule has 0 bridgehead atoms. The smallest absolute Gasteiger partial charge is 0.151 e. The number of benzene rings is 2. The lowest BCUT2D eigenvalue weighted by Gasteiger charge is -2.03. The molecule has 0 spiro atoms. The van der Waals surface area contributed by atoms with E-state index in [2.05, 4.69) is 0 Å². The second-order valence-corrected chi connectivity index (χ2v) is 3.71. The van der Waals surface area contributed by atoms with Gasteiger partial charge in [-0.05, 0) is 12.1 Å². The van der Waals surface area contributed by atoms with Crippen LogP contribution in [0.2, 0.25) is 10.0 Å². The van der Waals surface area contributed by atoms with Crippen molar-refractivity contribution in [1.82, 2.24) is 0 Å². The molecule has 14 heavy (non-hydrogen) atoms. The zero-order valence-electron chi connectivity index (χ0n) is 7.13. The fourth-order valence-electron chi connectivity index (χ4n) is 1.39. The number of aldehydes is 1. The molecule has 0 radical (unpaired) electrons. The van der Waals surface area contributed by atoms with E-state index < -0.39 is 0 Å². The number of rotatable bonds is 1. The van der Waals surface area contributed by atoms with Gasteiger partial charge in [0.1, 0.15) is 0 Å². The highest BCUT2D eigenvalue weighted by molar-refractivity contribution is 6.41. The van der Waals surface area contributed by atoms with E-state index in [9.17, 15) is 4.79 Å². The Labute approximate surface area is 91.2 Å². The van der Waals surface area contributed by atoms with Gasteiger partial charge in [-0.15, -0.1) is 0 Å². The van der Waals surface area contributed by atoms with E-state index in [4.69, 9.17) is 23.2 Å². The van der Waals surface area contributed by atoms with Gasteiger partial charge in [0.25, 0.3) is 0 Å². The first kappa shape index (κ1) is 9.50. The maximum atomic E-state index is 10.6. The Morgan fingerprint density at radius 3 is 2.50 bits per heavy atom. The molecule has 0 fully saturated rings. The molecule has 0 atom stereocenters. The summed E-state index contributed by atoms with van der Waals surface area (Å²) < 4.78 is 0. The van der Waals surface area contributed by atoms with Gasteiger partial charge in [0.05, 0.1) is 5.02 Å². The summed E-state index contributed by atoms with van der Waals surface area (Å²) in [5, 5.41) is 2.77. The lowest BCUT2D eigenvalue weighted by molar-refractivity contribution is 0.112. The van der Waals surface area contributed by atoms with Crippen molar-refractivity contribution < 1.29 is 4.79 Å². The monoisotopic (exact) mass is 224 g/mol. The van der Waals surface area contributed by atoms with Gasteiger partial charge in [-0.25, -0.2) is 0 Å². The van der Waals surface area contributed by atoms with Crippen LogP contribution in [0.5, 0.6) is 0 Å². The number of fused-ring (bicyclic) bond motifs is 1. The molecule has 0 N–H and O–H groups in total. The topological polar surface area (TPSA) is 17.1 Å². The Morgan fingerprint density at radius 1 is 1.00 bits per heavy atom. The standard InChI is InChI=1S/C11H6Cl2O/c12-10-3-1-2-9-8(10)5-4-7(6-14)11(9)13/h1-6H. The quantitative estimate of drug-likeness (QED) is 0.671. The predicted molar refractivity (Wildman–Crippen MR) is 59.4 cm³/mol. The largest absolute Gasteiger partial charge is 0.298 e. The molecule has 0 unspecified atom stereocenters. The molecule has 0 aliphatic heterocycles. The number of hydrogen-bond donors (Lipinski definition) is 0. The molecule has 0 heterocycles. The Morgan fingerprint density at radius 2 is 1.79 bits per heavy atom. The molecule has 0 aromatic heterocycles. The van der Waals surface area contributed by atoms with E-state index in [0.717, 1.165) is 17.1 Å². The predicted octanol–water partition coefficient (Wildman–Crippen LogP) is 3.96. The van der Waals surface area contributed by atoms with Crippen LogP contribution in [-0.4, -0.2) is 6.29 Å². The van der Waals surface area contributed by atoms with E-state index in [0.29, 0.717) is 15.6 Å². The van der Waals surface area contributed by atoms with Gasteiger partial charge in [-0.2, -0.15) is 0 Å². The molecular formula is C11H6Cl2O. The number of carbonyl (C=O) groups excluding carboxylic acids is 1. The first-order valence-electron chi connectivity index (χ1n) is 4.06. The van der Waals surface area contributed by atoms with Crippen LogP contribution < -0.4 is 0 Å². The summed E-state index contributed by atoms with van der Waals surface area (Å²) in [6.07, 6.45) is 0.739. The zero-order chi connectivity index (χ0) is 10.1. The van der Waals surface area contributed by atoms with E-state index in [-0.39, 0.29) is 0 Å². The van der Waals surface area contributed by atoms with Gasteiger partial charge in [-0.1, -0.05) is 41.4 Å². The van der Waals surface area contributed by atoms with Crippen LogP contribution in [0.3, 0.4) is 0 Å². The van der Waals surface area contributed by atoms with E-state index in [1.807, 2.05) is 12.1 Å². The first-order chi connectivity index (χ1) is 6.74. The fraction of sp³-hybridized carbons (Fsp3) is 0. The third kappa shape index (κ3) is 1.39. The first-order valence-corrected chi connectivity index (χ1v) is 4.81. The van der Waals surface area contributed by atoms with Crippen molar-refractivity contribution >= 4 is 40.3 Å². The van der Waals surface area contributed by atoms with Gasteiger partial charge < -0.3 is 0 Å². The van der Waals surface area contributed by atoms with Gasteiger partial charge in [0.2, 0.25) is 0 Å². The van der Waals surface area contributed by atoms with Crippen molar-refractivity contribution in [3.8, 4) is 0 Å². The van der Waals surface area contributed by atoms with Crippen LogP contribution in [0.15, 0.2) is 30.3 Å². The lowest BCUT2D eigenvalue weighted by Crippen LogP contribution is -1.84. The van der Waals surface area contributed by atoms with Crippen molar-refractivity contribution in [3.05, 3.63) is 45.9 Å². The molecule has 0 amide bonds. The zero-order valence-corrected chi connectivity index (χ0v) is 8.64. The van der Waals surface area contributed by atoms with Gasteiger partial charge in [-0.3, -0.25) is 4.79 Å². The highest BCUT2D eigenvalue weighted by atomic mass is 35.5. The summed E-state index contributed by atoms with van der Waals surface area (Å²) >= 11 is 12.0. The van der Waals surface area contributed by atoms with Crippen LogP contribution in [0.25, 0.3) is 10.8 Å². The van der Waals surface area contributed by atoms with Crippen LogP contribution in [0, 0.1) is 0 Å². The van der Waals surface area contributed by atoms with Crippen molar-refractivity contribution in [2.24, 2.45) is 0 Å². The lowest BCUT2D eigenvalue weighted by atomic mass is 10.1. The highest BCUT2D eigenvalue weighted by Gasteiger charge is 2.06. The van der Waals surface area contributed by atoms with E-state index in [1.54, 1.807) is 18.2 Å². The molecule has 0 aliphatic carbocycles. The molecule has 2 rings (SSSR count). The van der Waals surface area contributed by atoms with E-state index in [1.165, 1.54) is 0 Å². The summed E-state index contributed by atoms with van der Waals surface area (Å²) in [7, 11) is 0. The molecule has 0 saturated heterocycles. The summed E-state index contributed by atoms with van der Waals surface area (Å²) in [4.78, 5) is 10.6. The van der Waals surface area contributed by atoms with Gasteiger partial charge >= 0.3 is 0 Å². The maximum Gasteiger partial charge on any atom is 0.151 e. The maximum absolute atomic E-state index is 10.6. The minimum Gasteiger partial charge on any atom is -0.298 e. The van der Waals surface area contributed by atoms with Crippen molar-refractivity contribution in [2.45, 2.75) is 0 Å². The Balaban J connectivity index is 2.90. The normalized spacial score (nSPS) is 10.4. The van der Waals surface area contributed by atoms with Gasteiger partial charge in [0.15, 0.2) is 6.29 Å². The third-order valence-electron chi connectivity index (χ3n) is 2.10. The average Bonchev–Trinajstić information content (AvgIpc) is 2.20. The second-order valence-electron chi connectivity index (χ2n) is 2.92. The van der Waals surface area contributed by atoms with Crippen LogP contribution in [0.1, 0.15) is 10.4 Å². The molecule has 1 nitrogen and oxygen atoms in total. The van der Waals surface area contributed by atoms with Crippen molar-refractivity contribution in [2.75, 3.05) is 0 Å². The Hall–Kier alpha value is -1.05. The highest BCUT2D eigenvalue weighted by Crippen LogP contribution is 2.30. The number of hydrogen-bond acceptors (Lipinski definition) is 1. The molecule has 0 saturated carbocycles. The Kier molecular flexibility index (Phi) is 2.44. The molecular weight excluding hydrogens is 219 g/mol. The summed E-state index contributed by atoms with van der Waals surface area (Å²) in [6.45, 7) is 0. The van der Waals surface area contributed by atoms with Crippen molar-refractivity contribution in [3.63, 3.8) is 0 Å². The number of halogens is 2. The van der Waals surface area contributed by atoms with Crippen LogP contribution >= 0.6 is 23.2 Å². The third-order valence-corrected chi connectivity index (χ3v) is 2.85. The minimum absolute atomic E-state index is 0.458. The van der Waals surface area contributed by atoms with Crippen LogP contribution in [0.4, 0.5) is 0 Å². The summed E-state index contributed by atoms with van der Waals surface area (Å²) in [6, 6.07) is 8.92. The molecule has 2 aromatic rings.